The third-order valence-corrected chi connectivity index (χ3v) is 5.18. The molecule has 0 spiro atoms. The van der Waals surface area contributed by atoms with Crippen molar-refractivity contribution in [3.05, 3.63) is 65.0 Å². The van der Waals surface area contributed by atoms with Crippen LogP contribution < -0.4 is 10.6 Å². The summed E-state index contributed by atoms with van der Waals surface area (Å²) in [4.78, 5) is 12.0. The number of nitrogens with one attached hydrogen (secondary N) is 2. The van der Waals surface area contributed by atoms with E-state index in [1.165, 1.54) is 6.92 Å². The highest BCUT2D eigenvalue weighted by Crippen LogP contribution is 2.34. The van der Waals surface area contributed by atoms with Crippen LogP contribution in [0.4, 0.5) is 24.9 Å². The lowest BCUT2D eigenvalue weighted by atomic mass is 10.1. The zero-order valence-electron chi connectivity index (χ0n) is 18.8. The molecule has 2 atom stereocenters. The number of aliphatic hydroxyl groups is 4. The summed E-state index contributed by atoms with van der Waals surface area (Å²) in [6.45, 7) is 0.500. The molecule has 2 aromatic heterocycles. The molecule has 0 aliphatic rings. The van der Waals surface area contributed by atoms with Gasteiger partial charge in [-0.25, -0.2) is 4.98 Å². The summed E-state index contributed by atoms with van der Waals surface area (Å²) < 4.78 is 40.1. The lowest BCUT2D eigenvalue weighted by Gasteiger charge is -2.22. The van der Waals surface area contributed by atoms with Gasteiger partial charge in [0.15, 0.2) is 0 Å². The first kappa shape index (κ1) is 26.3. The zero-order chi connectivity index (χ0) is 25.6. The van der Waals surface area contributed by atoms with Crippen LogP contribution in [-0.2, 0) is 25.9 Å². The van der Waals surface area contributed by atoms with E-state index in [1.807, 2.05) is 0 Å². The summed E-state index contributed by atoms with van der Waals surface area (Å²) in [6, 6.07) is 9.42. The number of hydrogen-bond acceptors (Lipinski definition) is 9. The van der Waals surface area contributed by atoms with Crippen molar-refractivity contribution in [1.29, 1.82) is 0 Å². The van der Waals surface area contributed by atoms with E-state index in [9.17, 15) is 33.6 Å². The number of hydrogen-bond donors (Lipinski definition) is 6. The minimum absolute atomic E-state index is 0.0724. The summed E-state index contributed by atoms with van der Waals surface area (Å²) in [7, 11) is 0. The molecule has 35 heavy (non-hydrogen) atoms. The van der Waals surface area contributed by atoms with Crippen LogP contribution in [0.1, 0.15) is 29.3 Å². The summed E-state index contributed by atoms with van der Waals surface area (Å²) in [6.07, 6.45) is -5.21. The van der Waals surface area contributed by atoms with E-state index >= 15 is 0 Å². The summed E-state index contributed by atoms with van der Waals surface area (Å²) in [5.41, 5.74) is 2.05. The van der Waals surface area contributed by atoms with Crippen molar-refractivity contribution in [2.45, 2.75) is 45.0 Å². The molecule has 0 unspecified atom stereocenters. The van der Waals surface area contributed by atoms with Gasteiger partial charge in [0, 0.05) is 18.3 Å². The van der Waals surface area contributed by atoms with Crippen molar-refractivity contribution < 1.29 is 33.6 Å². The van der Waals surface area contributed by atoms with Gasteiger partial charge in [0.1, 0.15) is 11.4 Å². The van der Waals surface area contributed by atoms with Crippen molar-refractivity contribution in [1.82, 2.24) is 15.0 Å². The lowest BCUT2D eigenvalue weighted by molar-refractivity contribution is -0.137. The fraction of sp³-hybridized carbons (Fsp3) is 0.348. The van der Waals surface area contributed by atoms with Crippen LogP contribution in [-0.4, -0.2) is 54.1 Å². The van der Waals surface area contributed by atoms with Gasteiger partial charge in [-0.05, 0) is 30.2 Å². The number of anilines is 2. The minimum atomic E-state index is -4.73. The van der Waals surface area contributed by atoms with Crippen molar-refractivity contribution in [2.75, 3.05) is 17.2 Å². The molecule has 2 heterocycles. The number of pyridine rings is 1. The highest BCUT2D eigenvalue weighted by Gasteiger charge is 2.36. The van der Waals surface area contributed by atoms with Gasteiger partial charge < -0.3 is 31.1 Å². The third-order valence-electron chi connectivity index (χ3n) is 5.18. The van der Waals surface area contributed by atoms with Gasteiger partial charge in [-0.2, -0.15) is 18.2 Å². The van der Waals surface area contributed by atoms with Gasteiger partial charge in [0.25, 0.3) is 0 Å². The maximum Gasteiger partial charge on any atom is 0.421 e. The zero-order valence-corrected chi connectivity index (χ0v) is 18.8. The van der Waals surface area contributed by atoms with Crippen LogP contribution in [0.2, 0.25) is 0 Å². The molecule has 12 heteroatoms. The Morgan fingerprint density at radius 3 is 2.26 bits per heavy atom. The molecule has 0 fully saturated rings. The monoisotopic (exact) mass is 493 g/mol. The Labute approximate surface area is 199 Å². The van der Waals surface area contributed by atoms with Crippen LogP contribution in [0.5, 0.6) is 0 Å². The third kappa shape index (κ3) is 6.85. The molecule has 0 amide bonds. The van der Waals surface area contributed by atoms with E-state index in [4.69, 9.17) is 0 Å². The van der Waals surface area contributed by atoms with Crippen LogP contribution in [0, 0.1) is 0 Å². The molecule has 6 N–H and O–H groups in total. The number of aliphatic hydroxyl groups excluding tert-OH is 4. The second-order valence-electron chi connectivity index (χ2n) is 7.85. The quantitative estimate of drug-likeness (QED) is 0.251. The maximum atomic E-state index is 13.4. The number of aromatic nitrogens is 3. The number of benzene rings is 1. The van der Waals surface area contributed by atoms with E-state index in [-0.39, 0.29) is 25.7 Å². The molecular weight excluding hydrogens is 467 g/mol. The van der Waals surface area contributed by atoms with Crippen LogP contribution in [0.3, 0.4) is 0 Å². The second kappa shape index (κ2) is 11.4. The van der Waals surface area contributed by atoms with E-state index in [0.717, 1.165) is 11.1 Å². The molecule has 3 rings (SSSR count). The molecule has 0 saturated carbocycles. The first-order valence-corrected chi connectivity index (χ1v) is 10.7. The Hall–Kier alpha value is -3.32. The smallest absolute Gasteiger partial charge is 0.394 e. The Balaban J connectivity index is 1.76. The normalized spacial score (nSPS) is 13.4. The van der Waals surface area contributed by atoms with E-state index in [2.05, 4.69) is 25.6 Å². The topological polar surface area (TPSA) is 144 Å². The number of rotatable bonds is 10. The van der Waals surface area contributed by atoms with Crippen molar-refractivity contribution >= 4 is 11.8 Å². The number of halogens is 3. The first-order chi connectivity index (χ1) is 16.6. The van der Waals surface area contributed by atoms with Crippen LogP contribution in [0.25, 0.3) is 11.3 Å². The SMILES string of the molecule is C[C@@H](O)[C@@H](CO)Nc1nc(NCc2ccc(-c3cc(CO)cc(CO)n3)cc2)ncc1C(F)(F)F. The van der Waals surface area contributed by atoms with Gasteiger partial charge in [-0.1, -0.05) is 24.3 Å². The summed E-state index contributed by atoms with van der Waals surface area (Å²) in [5, 5.41) is 43.1. The average Bonchev–Trinajstić information content (AvgIpc) is 2.85. The van der Waals surface area contributed by atoms with Crippen molar-refractivity contribution in [3.63, 3.8) is 0 Å². The minimum Gasteiger partial charge on any atom is -0.394 e. The van der Waals surface area contributed by atoms with E-state index in [1.54, 1.807) is 36.4 Å². The second-order valence-corrected chi connectivity index (χ2v) is 7.85. The average molecular weight is 493 g/mol. The number of alkyl halides is 3. The standard InChI is InChI=1S/C23H26F3N5O4/c1-13(35)20(12-34)30-21-18(23(24,25)26)9-28-22(31-21)27-8-14-2-4-16(5-3-14)19-7-15(10-32)6-17(11-33)29-19/h2-7,9,13,20,32-35H,8,10-12H2,1H3,(H2,27,28,30,31)/t13-,20-/m1/s1. The van der Waals surface area contributed by atoms with Gasteiger partial charge in [-0.15, -0.1) is 0 Å². The summed E-state index contributed by atoms with van der Waals surface area (Å²) in [5.74, 6) is -0.628. The van der Waals surface area contributed by atoms with Crippen LogP contribution >= 0.6 is 0 Å². The lowest BCUT2D eigenvalue weighted by Crippen LogP contribution is -2.36. The molecule has 0 aliphatic carbocycles. The van der Waals surface area contributed by atoms with Gasteiger partial charge in [-0.3, -0.25) is 4.98 Å². The molecular formula is C23H26F3N5O4. The molecule has 3 aromatic rings. The predicted molar refractivity (Wildman–Crippen MR) is 122 cm³/mol. The Kier molecular flexibility index (Phi) is 8.57. The fourth-order valence-corrected chi connectivity index (χ4v) is 3.22. The molecule has 0 saturated heterocycles. The highest BCUT2D eigenvalue weighted by atomic mass is 19.4. The maximum absolute atomic E-state index is 13.4. The predicted octanol–water partition coefficient (Wildman–Crippen LogP) is 2.31. The molecule has 188 valence electrons. The Bertz CT molecular complexity index is 1100. The first-order valence-electron chi connectivity index (χ1n) is 10.7. The van der Waals surface area contributed by atoms with E-state index in [0.29, 0.717) is 23.1 Å². The van der Waals surface area contributed by atoms with Gasteiger partial charge >= 0.3 is 6.18 Å². The molecule has 0 aliphatic heterocycles. The molecule has 1 aromatic carbocycles. The summed E-state index contributed by atoms with van der Waals surface area (Å²) >= 11 is 0. The molecule has 0 bridgehead atoms. The molecule has 0 radical (unpaired) electrons. The largest absolute Gasteiger partial charge is 0.421 e. The van der Waals surface area contributed by atoms with E-state index < -0.39 is 36.3 Å². The number of nitrogens with zero attached hydrogens (tertiary/aromatic N) is 3. The Morgan fingerprint density at radius 1 is 0.971 bits per heavy atom. The fourth-order valence-electron chi connectivity index (χ4n) is 3.22. The van der Waals surface area contributed by atoms with Crippen LogP contribution in [0.15, 0.2) is 42.6 Å². The highest BCUT2D eigenvalue weighted by molar-refractivity contribution is 5.60. The molecule has 9 nitrogen and oxygen atoms in total. The van der Waals surface area contributed by atoms with Crippen molar-refractivity contribution in [3.8, 4) is 11.3 Å². The van der Waals surface area contributed by atoms with Crippen molar-refractivity contribution in [2.24, 2.45) is 0 Å². The Morgan fingerprint density at radius 2 is 1.69 bits per heavy atom. The van der Waals surface area contributed by atoms with Gasteiger partial charge in [0.2, 0.25) is 5.95 Å². The van der Waals surface area contributed by atoms with Gasteiger partial charge in [0.05, 0.1) is 43.4 Å².